The first-order chi connectivity index (χ1) is 12.7. The van der Waals surface area contributed by atoms with Crippen molar-refractivity contribution in [3.8, 4) is 0 Å². The van der Waals surface area contributed by atoms with E-state index in [1.807, 2.05) is 19.9 Å². The third-order valence-corrected chi connectivity index (χ3v) is 10.3. The molecule has 2 aliphatic rings. The molecule has 0 aromatic rings. The first-order valence-corrected chi connectivity index (χ1v) is 12.5. The predicted octanol–water partition coefficient (Wildman–Crippen LogP) is 4.75. The van der Waals surface area contributed by atoms with Gasteiger partial charge in [-0.2, -0.15) is 0 Å². The second-order valence-corrected chi connectivity index (χ2v) is 11.5. The molecule has 0 saturated heterocycles. The molecule has 6 nitrogen and oxygen atoms in total. The molecule has 0 radical (unpaired) electrons. The van der Waals surface area contributed by atoms with Crippen molar-refractivity contribution >= 4 is 17.9 Å². The second kappa shape index (κ2) is 8.74. The Morgan fingerprint density at radius 1 is 0.926 bits per heavy atom. The molecule has 0 saturated carbocycles. The van der Waals surface area contributed by atoms with Gasteiger partial charge in [0.05, 0.1) is 0 Å². The summed E-state index contributed by atoms with van der Waals surface area (Å²) in [5, 5.41) is 0. The molecule has 2 rings (SSSR count). The van der Waals surface area contributed by atoms with Gasteiger partial charge in [0.1, 0.15) is 0 Å². The number of hydrogen-bond acceptors (Lipinski definition) is 6. The molecule has 0 bridgehead atoms. The summed E-state index contributed by atoms with van der Waals surface area (Å²) in [4.78, 5) is 36.9. The number of allylic oxidation sites excluding steroid dienone is 4. The van der Waals surface area contributed by atoms with Crippen molar-refractivity contribution < 1.29 is 42.1 Å². The molecule has 0 aliphatic heterocycles. The van der Waals surface area contributed by atoms with Crippen LogP contribution in [0.15, 0.2) is 22.8 Å². The molecule has 27 heavy (non-hydrogen) atoms. The SMILES string of the molecule is CCC(=O)[O][Ti]([O]C(=O)CC)([O]C(=O)CC)[C]1(C)C=C(C)C2=C1CCCC2. The van der Waals surface area contributed by atoms with E-state index in [2.05, 4.69) is 0 Å². The molecule has 0 fully saturated rings. The summed E-state index contributed by atoms with van der Waals surface area (Å²) in [6.45, 7) is 8.93. The first kappa shape index (κ1) is 21.9. The summed E-state index contributed by atoms with van der Waals surface area (Å²) < 4.78 is 16.5. The zero-order valence-electron chi connectivity index (χ0n) is 17.0. The van der Waals surface area contributed by atoms with Gasteiger partial charge in [0.25, 0.3) is 0 Å². The van der Waals surface area contributed by atoms with E-state index >= 15 is 0 Å². The summed E-state index contributed by atoms with van der Waals surface area (Å²) in [5.74, 6) is -1.54. The fourth-order valence-corrected chi connectivity index (χ4v) is 8.73. The third kappa shape index (κ3) is 4.22. The van der Waals surface area contributed by atoms with E-state index in [4.69, 9.17) is 9.96 Å². The number of carbonyl (C=O) groups excluding carboxylic acids is 3. The predicted molar refractivity (Wildman–Crippen MR) is 96.8 cm³/mol. The summed E-state index contributed by atoms with van der Waals surface area (Å²) in [5.41, 5.74) is 3.42. The van der Waals surface area contributed by atoms with E-state index in [0.29, 0.717) is 0 Å². The van der Waals surface area contributed by atoms with Crippen molar-refractivity contribution in [2.75, 3.05) is 0 Å². The molecule has 0 spiro atoms. The van der Waals surface area contributed by atoms with Gasteiger partial charge in [-0.1, -0.05) is 0 Å². The molecule has 2 aliphatic carbocycles. The van der Waals surface area contributed by atoms with Gasteiger partial charge in [0.15, 0.2) is 0 Å². The fourth-order valence-electron chi connectivity index (χ4n) is 3.84. The molecule has 0 aromatic heterocycles. The van der Waals surface area contributed by atoms with Crippen molar-refractivity contribution in [3.05, 3.63) is 22.8 Å². The Kier molecular flexibility index (Phi) is 7.09. The summed E-state index contributed by atoms with van der Waals surface area (Å²) in [6, 6.07) is 0. The number of rotatable bonds is 7. The van der Waals surface area contributed by atoms with Gasteiger partial charge >= 0.3 is 166 Å². The van der Waals surface area contributed by atoms with Gasteiger partial charge in [-0.15, -0.1) is 0 Å². The normalized spacial score (nSPS) is 22.0. The Balaban J connectivity index is 2.64. The van der Waals surface area contributed by atoms with E-state index in [9.17, 15) is 14.4 Å². The van der Waals surface area contributed by atoms with Gasteiger partial charge in [0.2, 0.25) is 0 Å². The molecule has 1 atom stereocenters. The van der Waals surface area contributed by atoms with Crippen LogP contribution < -0.4 is 0 Å². The summed E-state index contributed by atoms with van der Waals surface area (Å²) >= 11 is -4.75. The van der Waals surface area contributed by atoms with Gasteiger partial charge in [-0.25, -0.2) is 0 Å². The molecule has 0 amide bonds. The van der Waals surface area contributed by atoms with Crippen LogP contribution in [0.4, 0.5) is 0 Å². The Morgan fingerprint density at radius 2 is 1.37 bits per heavy atom. The van der Waals surface area contributed by atoms with E-state index in [0.717, 1.165) is 36.8 Å². The van der Waals surface area contributed by atoms with Crippen LogP contribution in [0.25, 0.3) is 0 Å². The Labute approximate surface area is 166 Å². The third-order valence-electron chi connectivity index (χ3n) is 5.32. The summed E-state index contributed by atoms with van der Waals surface area (Å²) in [6.07, 6.45) is 6.22. The zero-order valence-corrected chi connectivity index (χ0v) is 18.5. The van der Waals surface area contributed by atoms with E-state index < -0.39 is 39.4 Å². The molecule has 7 heteroatoms. The first-order valence-electron chi connectivity index (χ1n) is 9.80. The van der Waals surface area contributed by atoms with Crippen LogP contribution in [0.5, 0.6) is 0 Å². The van der Waals surface area contributed by atoms with Crippen LogP contribution in [0.2, 0.25) is 3.72 Å². The second-order valence-electron chi connectivity index (χ2n) is 7.23. The monoisotopic (exact) mass is 414 g/mol. The minimum absolute atomic E-state index is 0.116. The zero-order chi connectivity index (χ0) is 20.2. The van der Waals surface area contributed by atoms with Crippen molar-refractivity contribution in [2.45, 2.75) is 83.3 Å². The van der Waals surface area contributed by atoms with Crippen LogP contribution in [0.3, 0.4) is 0 Å². The van der Waals surface area contributed by atoms with Crippen LogP contribution >= 0.6 is 0 Å². The van der Waals surface area contributed by atoms with Crippen molar-refractivity contribution in [3.63, 3.8) is 0 Å². The van der Waals surface area contributed by atoms with Gasteiger partial charge < -0.3 is 0 Å². The fraction of sp³-hybridized carbons (Fsp3) is 0.650. The summed E-state index contributed by atoms with van der Waals surface area (Å²) in [7, 11) is 0. The molecule has 0 aromatic carbocycles. The topological polar surface area (TPSA) is 78.9 Å². The van der Waals surface area contributed by atoms with Gasteiger partial charge in [0, 0.05) is 0 Å². The standard InChI is InChI=1S/C11H15.3C3H6O2.Ti/c1-8-7-9(2)11-6-4-3-5-10(8)11;3*1-2-3(4)5;/h7H,3-6H2,1-2H3;3*2H2,1H3,(H,4,5);/q;;;;+3/p-3. The Hall–Kier alpha value is -1.40. The van der Waals surface area contributed by atoms with Crippen LogP contribution in [0.1, 0.15) is 79.6 Å². The maximum absolute atomic E-state index is 12.3. The van der Waals surface area contributed by atoms with Gasteiger partial charge in [-0.05, 0) is 0 Å². The van der Waals surface area contributed by atoms with E-state index in [-0.39, 0.29) is 19.3 Å². The van der Waals surface area contributed by atoms with E-state index in [1.165, 1.54) is 5.57 Å². The van der Waals surface area contributed by atoms with Gasteiger partial charge in [-0.3, -0.25) is 0 Å². The molecular weight excluding hydrogens is 384 g/mol. The van der Waals surface area contributed by atoms with Crippen LogP contribution in [-0.2, 0) is 42.1 Å². The van der Waals surface area contributed by atoms with Crippen molar-refractivity contribution in [2.24, 2.45) is 0 Å². The quantitative estimate of drug-likeness (QED) is 0.560. The number of carbonyl (C=O) groups is 3. The van der Waals surface area contributed by atoms with Crippen molar-refractivity contribution in [1.82, 2.24) is 0 Å². The van der Waals surface area contributed by atoms with E-state index in [1.54, 1.807) is 20.8 Å². The number of hydrogen-bond donors (Lipinski definition) is 0. The average Bonchev–Trinajstić information content (AvgIpc) is 2.93. The van der Waals surface area contributed by atoms with Crippen LogP contribution in [0, 0.1) is 0 Å². The maximum atomic E-state index is 12.3. The Morgan fingerprint density at radius 3 is 1.81 bits per heavy atom. The van der Waals surface area contributed by atoms with Crippen molar-refractivity contribution in [1.29, 1.82) is 0 Å². The molecule has 0 heterocycles. The molecule has 1 unspecified atom stereocenters. The minimum atomic E-state index is -4.75. The average molecular weight is 414 g/mol. The Bertz CT molecular complexity index is 647. The molecule has 0 N–H and O–H groups in total. The van der Waals surface area contributed by atoms with Crippen LogP contribution in [-0.4, -0.2) is 17.9 Å². The molecule has 150 valence electrons. The molecular formula is C20H30O6Ti.